The number of nitrogens with zero attached hydrogens (tertiary/aromatic N) is 1. The summed E-state index contributed by atoms with van der Waals surface area (Å²) in [7, 11) is 0. The maximum absolute atomic E-state index is 5.77. The standard InChI is InChI=1S/C15H15BrN2O2/c16-12-5-10-3-4-19-15(10)11(6-12)9-20-14-2-1-13(7-17)18-8-14/h1-2,5-6,8H,3-4,7,9,17H2. The van der Waals surface area contributed by atoms with Crippen molar-refractivity contribution in [2.24, 2.45) is 5.73 Å². The Labute approximate surface area is 126 Å². The lowest BCUT2D eigenvalue weighted by Gasteiger charge is -2.11. The lowest BCUT2D eigenvalue weighted by molar-refractivity contribution is 0.290. The molecule has 0 bridgehead atoms. The molecule has 5 heteroatoms. The van der Waals surface area contributed by atoms with Crippen LogP contribution in [0.4, 0.5) is 0 Å². The highest BCUT2D eigenvalue weighted by Crippen LogP contribution is 2.33. The lowest BCUT2D eigenvalue weighted by Crippen LogP contribution is -2.01. The molecule has 104 valence electrons. The van der Waals surface area contributed by atoms with E-state index in [2.05, 4.69) is 27.0 Å². The predicted molar refractivity (Wildman–Crippen MR) is 79.8 cm³/mol. The summed E-state index contributed by atoms with van der Waals surface area (Å²) in [5.41, 5.74) is 8.65. The van der Waals surface area contributed by atoms with Gasteiger partial charge in [0.05, 0.1) is 18.5 Å². The number of nitrogens with two attached hydrogens (primary N) is 1. The Balaban J connectivity index is 1.75. The topological polar surface area (TPSA) is 57.4 Å². The quantitative estimate of drug-likeness (QED) is 0.934. The smallest absolute Gasteiger partial charge is 0.138 e. The third-order valence-electron chi connectivity index (χ3n) is 3.23. The van der Waals surface area contributed by atoms with E-state index in [-0.39, 0.29) is 0 Å². The molecular formula is C15H15BrN2O2. The first-order valence-electron chi connectivity index (χ1n) is 6.48. The molecule has 0 spiro atoms. The van der Waals surface area contributed by atoms with E-state index in [1.54, 1.807) is 6.20 Å². The van der Waals surface area contributed by atoms with Gasteiger partial charge in [-0.15, -0.1) is 0 Å². The first-order valence-corrected chi connectivity index (χ1v) is 7.27. The molecule has 0 saturated carbocycles. The van der Waals surface area contributed by atoms with Gasteiger partial charge in [0.15, 0.2) is 0 Å². The second-order valence-electron chi connectivity index (χ2n) is 4.63. The number of rotatable bonds is 4. The predicted octanol–water partition coefficient (Wildman–Crippen LogP) is 2.82. The van der Waals surface area contributed by atoms with E-state index in [4.69, 9.17) is 15.2 Å². The molecule has 0 amide bonds. The fourth-order valence-electron chi connectivity index (χ4n) is 2.23. The summed E-state index contributed by atoms with van der Waals surface area (Å²) in [6.45, 7) is 1.64. The van der Waals surface area contributed by atoms with Gasteiger partial charge < -0.3 is 15.2 Å². The Kier molecular flexibility index (Phi) is 3.89. The highest BCUT2D eigenvalue weighted by molar-refractivity contribution is 9.10. The van der Waals surface area contributed by atoms with Crippen molar-refractivity contribution in [2.45, 2.75) is 19.6 Å². The summed E-state index contributed by atoms with van der Waals surface area (Å²) < 4.78 is 12.5. The van der Waals surface area contributed by atoms with Crippen molar-refractivity contribution >= 4 is 15.9 Å². The molecule has 0 aliphatic carbocycles. The van der Waals surface area contributed by atoms with E-state index in [1.165, 1.54) is 5.56 Å². The molecule has 2 heterocycles. The molecule has 0 unspecified atom stereocenters. The van der Waals surface area contributed by atoms with Crippen molar-refractivity contribution in [3.63, 3.8) is 0 Å². The van der Waals surface area contributed by atoms with Crippen molar-refractivity contribution in [1.82, 2.24) is 4.98 Å². The van der Waals surface area contributed by atoms with E-state index >= 15 is 0 Å². The molecule has 0 fully saturated rings. The summed E-state index contributed by atoms with van der Waals surface area (Å²) >= 11 is 3.52. The number of aromatic nitrogens is 1. The average Bonchev–Trinajstić information content (AvgIpc) is 2.93. The zero-order chi connectivity index (χ0) is 13.9. The SMILES string of the molecule is NCc1ccc(OCc2cc(Br)cc3c2OCC3)cn1. The Bertz CT molecular complexity index is 614. The normalized spacial score (nSPS) is 12.9. The Morgan fingerprint density at radius 1 is 1.35 bits per heavy atom. The van der Waals surface area contributed by atoms with Crippen LogP contribution in [0.15, 0.2) is 34.9 Å². The van der Waals surface area contributed by atoms with Crippen LogP contribution in [0.25, 0.3) is 0 Å². The van der Waals surface area contributed by atoms with Gasteiger partial charge in [-0.05, 0) is 29.8 Å². The summed E-state index contributed by atoms with van der Waals surface area (Å²) in [4.78, 5) is 4.21. The van der Waals surface area contributed by atoms with Crippen LogP contribution in [0.1, 0.15) is 16.8 Å². The van der Waals surface area contributed by atoms with E-state index in [0.717, 1.165) is 40.3 Å². The molecule has 0 saturated heterocycles. The minimum Gasteiger partial charge on any atom is -0.493 e. The van der Waals surface area contributed by atoms with Crippen molar-refractivity contribution in [3.8, 4) is 11.5 Å². The van der Waals surface area contributed by atoms with Crippen molar-refractivity contribution in [2.75, 3.05) is 6.61 Å². The van der Waals surface area contributed by atoms with Crippen LogP contribution >= 0.6 is 15.9 Å². The molecule has 1 aromatic carbocycles. The molecule has 0 radical (unpaired) electrons. The summed E-state index contributed by atoms with van der Waals surface area (Å²) in [5, 5.41) is 0. The number of halogens is 1. The van der Waals surface area contributed by atoms with Gasteiger partial charge in [-0.1, -0.05) is 15.9 Å². The maximum atomic E-state index is 5.77. The molecule has 2 N–H and O–H groups in total. The average molecular weight is 335 g/mol. The van der Waals surface area contributed by atoms with E-state index < -0.39 is 0 Å². The first kappa shape index (κ1) is 13.4. The molecule has 4 nitrogen and oxygen atoms in total. The van der Waals surface area contributed by atoms with Crippen LogP contribution in [-0.2, 0) is 19.6 Å². The molecule has 1 aliphatic rings. The minimum atomic E-state index is 0.438. The van der Waals surface area contributed by atoms with Gasteiger partial charge in [0.1, 0.15) is 18.1 Å². The summed E-state index contributed by atoms with van der Waals surface area (Å²) in [6, 6.07) is 7.89. The summed E-state index contributed by atoms with van der Waals surface area (Å²) in [5.74, 6) is 1.69. The molecular weight excluding hydrogens is 320 g/mol. The third kappa shape index (κ3) is 2.78. The van der Waals surface area contributed by atoms with Crippen molar-refractivity contribution < 1.29 is 9.47 Å². The van der Waals surface area contributed by atoms with Gasteiger partial charge in [-0.3, -0.25) is 4.98 Å². The van der Waals surface area contributed by atoms with Gasteiger partial charge in [0, 0.05) is 23.0 Å². The number of fused-ring (bicyclic) bond motifs is 1. The van der Waals surface area contributed by atoms with Gasteiger partial charge in [-0.2, -0.15) is 0 Å². The van der Waals surface area contributed by atoms with E-state index in [1.807, 2.05) is 18.2 Å². The van der Waals surface area contributed by atoms with Crippen LogP contribution in [0.2, 0.25) is 0 Å². The lowest BCUT2D eigenvalue weighted by atomic mass is 10.1. The fourth-order valence-corrected chi connectivity index (χ4v) is 2.78. The number of pyridine rings is 1. The zero-order valence-corrected chi connectivity index (χ0v) is 12.5. The maximum Gasteiger partial charge on any atom is 0.138 e. The van der Waals surface area contributed by atoms with Crippen molar-refractivity contribution in [3.05, 3.63) is 51.8 Å². The highest BCUT2D eigenvalue weighted by Gasteiger charge is 2.17. The third-order valence-corrected chi connectivity index (χ3v) is 3.68. The second-order valence-corrected chi connectivity index (χ2v) is 5.55. The van der Waals surface area contributed by atoms with Crippen molar-refractivity contribution in [1.29, 1.82) is 0 Å². The van der Waals surface area contributed by atoms with Crippen LogP contribution < -0.4 is 15.2 Å². The largest absolute Gasteiger partial charge is 0.493 e. The van der Waals surface area contributed by atoms with Gasteiger partial charge >= 0.3 is 0 Å². The van der Waals surface area contributed by atoms with Gasteiger partial charge in [0.2, 0.25) is 0 Å². The number of hydrogen-bond acceptors (Lipinski definition) is 4. The van der Waals surface area contributed by atoms with E-state index in [0.29, 0.717) is 13.2 Å². The van der Waals surface area contributed by atoms with E-state index in [9.17, 15) is 0 Å². The number of ether oxygens (including phenoxy) is 2. The Hall–Kier alpha value is -1.59. The highest BCUT2D eigenvalue weighted by atomic mass is 79.9. The molecule has 3 rings (SSSR count). The molecule has 20 heavy (non-hydrogen) atoms. The van der Waals surface area contributed by atoms with Gasteiger partial charge in [-0.25, -0.2) is 0 Å². The molecule has 2 aromatic rings. The fraction of sp³-hybridized carbons (Fsp3) is 0.267. The van der Waals surface area contributed by atoms with Gasteiger partial charge in [0.25, 0.3) is 0 Å². The van der Waals surface area contributed by atoms with Crippen LogP contribution in [0.5, 0.6) is 11.5 Å². The molecule has 1 aliphatic heterocycles. The first-order chi connectivity index (χ1) is 9.76. The van der Waals surface area contributed by atoms with Crippen LogP contribution in [0, 0.1) is 0 Å². The molecule has 0 atom stereocenters. The molecule has 1 aromatic heterocycles. The second kappa shape index (κ2) is 5.81. The van der Waals surface area contributed by atoms with Crippen LogP contribution in [0.3, 0.4) is 0 Å². The monoisotopic (exact) mass is 334 g/mol. The Morgan fingerprint density at radius 2 is 2.25 bits per heavy atom. The number of benzene rings is 1. The Morgan fingerprint density at radius 3 is 3.00 bits per heavy atom. The summed E-state index contributed by atoms with van der Waals surface area (Å²) in [6.07, 6.45) is 2.65. The number of hydrogen-bond donors (Lipinski definition) is 1. The van der Waals surface area contributed by atoms with Crippen LogP contribution in [-0.4, -0.2) is 11.6 Å². The zero-order valence-electron chi connectivity index (χ0n) is 10.9. The minimum absolute atomic E-state index is 0.438.